The smallest absolute Gasteiger partial charge is 0.194 e. The van der Waals surface area contributed by atoms with E-state index in [0.29, 0.717) is 12.1 Å². The van der Waals surface area contributed by atoms with Crippen LogP contribution in [0.2, 0.25) is 0 Å². The predicted molar refractivity (Wildman–Crippen MR) is 54.3 cm³/mol. The molecule has 0 bridgehead atoms. The summed E-state index contributed by atoms with van der Waals surface area (Å²) in [6.45, 7) is 0.441. The van der Waals surface area contributed by atoms with Crippen LogP contribution in [0.1, 0.15) is 24.8 Å². The molecule has 1 fully saturated rings. The Morgan fingerprint density at radius 2 is 2.00 bits per heavy atom. The van der Waals surface area contributed by atoms with E-state index in [0.717, 1.165) is 19.3 Å². The third-order valence-corrected chi connectivity index (χ3v) is 3.36. The van der Waals surface area contributed by atoms with E-state index >= 15 is 0 Å². The van der Waals surface area contributed by atoms with Crippen molar-refractivity contribution in [3.63, 3.8) is 0 Å². The number of halogens is 1. The first-order valence-corrected chi connectivity index (χ1v) is 5.01. The maximum Gasteiger partial charge on any atom is 0.194 e. The van der Waals surface area contributed by atoms with Crippen LogP contribution in [0, 0.1) is 5.82 Å². The van der Waals surface area contributed by atoms with E-state index in [2.05, 4.69) is 0 Å². The molecule has 1 saturated carbocycles. The highest BCUT2D eigenvalue weighted by Crippen LogP contribution is 2.45. The fraction of sp³-hybridized carbons (Fsp3) is 0.455. The standard InChI is InChI=1S/C11H14FNO2/c12-8-4-7(5-9(14)10(8)15)11(6-13)2-1-3-11/h4-5,14-15H,1-3,6,13H2. The van der Waals surface area contributed by atoms with Crippen LogP contribution in [0.4, 0.5) is 4.39 Å². The second-order valence-electron chi connectivity index (χ2n) is 4.16. The van der Waals surface area contributed by atoms with Crippen LogP contribution in [-0.2, 0) is 5.41 Å². The second-order valence-corrected chi connectivity index (χ2v) is 4.16. The zero-order chi connectivity index (χ0) is 11.1. The van der Waals surface area contributed by atoms with E-state index in [9.17, 15) is 9.50 Å². The van der Waals surface area contributed by atoms with Gasteiger partial charge >= 0.3 is 0 Å². The molecule has 82 valence electrons. The highest BCUT2D eigenvalue weighted by molar-refractivity contribution is 5.45. The summed E-state index contributed by atoms with van der Waals surface area (Å²) < 4.78 is 13.2. The Balaban J connectivity index is 2.45. The minimum atomic E-state index is -0.787. The maximum atomic E-state index is 13.2. The lowest BCUT2D eigenvalue weighted by Gasteiger charge is -2.41. The molecule has 1 aliphatic rings. The summed E-state index contributed by atoms with van der Waals surface area (Å²) in [4.78, 5) is 0. The molecular formula is C11H14FNO2. The molecule has 15 heavy (non-hydrogen) atoms. The van der Waals surface area contributed by atoms with Crippen LogP contribution < -0.4 is 5.73 Å². The molecule has 0 radical (unpaired) electrons. The Morgan fingerprint density at radius 3 is 2.40 bits per heavy atom. The summed E-state index contributed by atoms with van der Waals surface area (Å²) in [5, 5.41) is 18.4. The summed E-state index contributed by atoms with van der Waals surface area (Å²) in [7, 11) is 0. The van der Waals surface area contributed by atoms with Crippen molar-refractivity contribution in [2.24, 2.45) is 5.73 Å². The van der Waals surface area contributed by atoms with Crippen molar-refractivity contribution in [1.82, 2.24) is 0 Å². The minimum Gasteiger partial charge on any atom is -0.504 e. The normalized spacial score (nSPS) is 18.5. The van der Waals surface area contributed by atoms with E-state index in [4.69, 9.17) is 10.8 Å². The van der Waals surface area contributed by atoms with Crippen LogP contribution in [-0.4, -0.2) is 16.8 Å². The molecule has 1 aromatic carbocycles. The Hall–Kier alpha value is -1.29. The van der Waals surface area contributed by atoms with E-state index < -0.39 is 17.3 Å². The van der Waals surface area contributed by atoms with Crippen LogP contribution in [0.3, 0.4) is 0 Å². The van der Waals surface area contributed by atoms with Gasteiger partial charge in [-0.15, -0.1) is 0 Å². The quantitative estimate of drug-likeness (QED) is 0.651. The second kappa shape index (κ2) is 3.38. The Morgan fingerprint density at radius 1 is 1.33 bits per heavy atom. The summed E-state index contributed by atoms with van der Waals surface area (Å²) in [6, 6.07) is 2.67. The van der Waals surface area contributed by atoms with Crippen LogP contribution in [0.5, 0.6) is 11.5 Å². The number of rotatable bonds is 2. The van der Waals surface area contributed by atoms with Crippen LogP contribution in [0.15, 0.2) is 12.1 Å². The molecule has 0 amide bonds. The zero-order valence-corrected chi connectivity index (χ0v) is 8.33. The van der Waals surface area contributed by atoms with E-state index in [1.807, 2.05) is 0 Å². The first-order chi connectivity index (χ1) is 7.09. The van der Waals surface area contributed by atoms with Gasteiger partial charge in [0.25, 0.3) is 0 Å². The summed E-state index contributed by atoms with van der Waals surface area (Å²) >= 11 is 0. The van der Waals surface area contributed by atoms with Gasteiger partial charge in [-0.3, -0.25) is 0 Å². The molecule has 1 aromatic rings. The maximum absolute atomic E-state index is 13.2. The van der Waals surface area contributed by atoms with Crippen molar-refractivity contribution in [3.8, 4) is 11.5 Å². The van der Waals surface area contributed by atoms with Crippen molar-refractivity contribution in [3.05, 3.63) is 23.5 Å². The summed E-state index contributed by atoms with van der Waals surface area (Å²) in [5.41, 5.74) is 6.15. The highest BCUT2D eigenvalue weighted by Gasteiger charge is 2.38. The van der Waals surface area contributed by atoms with Gasteiger partial charge in [-0.05, 0) is 30.5 Å². The zero-order valence-electron chi connectivity index (χ0n) is 8.33. The Bertz CT molecular complexity index is 360. The summed E-state index contributed by atoms with van der Waals surface area (Å²) in [5.74, 6) is -1.89. The number of benzene rings is 1. The molecule has 0 aliphatic heterocycles. The number of nitrogens with two attached hydrogens (primary N) is 1. The van der Waals surface area contributed by atoms with Gasteiger partial charge in [0, 0.05) is 12.0 Å². The third-order valence-electron chi connectivity index (χ3n) is 3.36. The topological polar surface area (TPSA) is 66.5 Å². The minimum absolute atomic E-state index is 0.202. The van der Waals surface area contributed by atoms with Gasteiger partial charge < -0.3 is 15.9 Å². The van der Waals surface area contributed by atoms with Crippen molar-refractivity contribution in [2.45, 2.75) is 24.7 Å². The lowest BCUT2D eigenvalue weighted by molar-refractivity contribution is 0.250. The van der Waals surface area contributed by atoms with Gasteiger partial charge in [0.1, 0.15) is 0 Å². The molecule has 0 saturated heterocycles. The molecule has 0 spiro atoms. The Kier molecular flexibility index (Phi) is 2.31. The number of phenols is 2. The first kappa shape index (κ1) is 10.2. The van der Waals surface area contributed by atoms with E-state index in [1.165, 1.54) is 12.1 Å². The monoisotopic (exact) mass is 211 g/mol. The molecule has 3 nitrogen and oxygen atoms in total. The molecule has 1 aliphatic carbocycles. The average molecular weight is 211 g/mol. The fourth-order valence-corrected chi connectivity index (χ4v) is 2.10. The molecule has 0 heterocycles. The number of aromatic hydroxyl groups is 2. The van der Waals surface area contributed by atoms with Crippen LogP contribution >= 0.6 is 0 Å². The predicted octanol–water partition coefficient (Wildman–Crippen LogP) is 1.62. The van der Waals surface area contributed by atoms with Gasteiger partial charge in [0.2, 0.25) is 0 Å². The van der Waals surface area contributed by atoms with Crippen LogP contribution in [0.25, 0.3) is 0 Å². The lowest BCUT2D eigenvalue weighted by Crippen LogP contribution is -2.41. The molecule has 0 atom stereocenters. The third kappa shape index (κ3) is 1.45. The number of hydrogen-bond donors (Lipinski definition) is 3. The lowest BCUT2D eigenvalue weighted by atomic mass is 9.64. The number of hydrogen-bond acceptors (Lipinski definition) is 3. The van der Waals surface area contributed by atoms with Crippen molar-refractivity contribution in [1.29, 1.82) is 0 Å². The van der Waals surface area contributed by atoms with Gasteiger partial charge in [0.15, 0.2) is 17.3 Å². The van der Waals surface area contributed by atoms with E-state index in [-0.39, 0.29) is 5.41 Å². The van der Waals surface area contributed by atoms with Gasteiger partial charge in [-0.25, -0.2) is 4.39 Å². The van der Waals surface area contributed by atoms with Crippen molar-refractivity contribution in [2.75, 3.05) is 6.54 Å². The van der Waals surface area contributed by atoms with Gasteiger partial charge in [-0.2, -0.15) is 0 Å². The number of phenolic OH excluding ortho intramolecular Hbond substituents is 2. The SMILES string of the molecule is NCC1(c2cc(O)c(O)c(F)c2)CCC1. The first-order valence-electron chi connectivity index (χ1n) is 5.01. The van der Waals surface area contributed by atoms with Gasteiger partial charge in [0.05, 0.1) is 0 Å². The molecule has 2 rings (SSSR count). The largest absolute Gasteiger partial charge is 0.504 e. The molecule has 0 unspecified atom stereocenters. The fourth-order valence-electron chi connectivity index (χ4n) is 2.10. The van der Waals surface area contributed by atoms with Crippen molar-refractivity contribution < 1.29 is 14.6 Å². The Labute approximate surface area is 87.3 Å². The van der Waals surface area contributed by atoms with E-state index in [1.54, 1.807) is 0 Å². The average Bonchev–Trinajstić information content (AvgIpc) is 2.13. The molecule has 0 aromatic heterocycles. The summed E-state index contributed by atoms with van der Waals surface area (Å²) in [6.07, 6.45) is 2.89. The molecule has 4 heteroatoms. The molecular weight excluding hydrogens is 197 g/mol. The molecule has 4 N–H and O–H groups in total. The highest BCUT2D eigenvalue weighted by atomic mass is 19.1. The van der Waals surface area contributed by atoms with Crippen molar-refractivity contribution >= 4 is 0 Å². The van der Waals surface area contributed by atoms with Gasteiger partial charge in [-0.1, -0.05) is 6.42 Å².